The summed E-state index contributed by atoms with van der Waals surface area (Å²) in [4.78, 5) is 0. The molecule has 2 heteroatoms. The number of hydrogen-bond donors (Lipinski definition) is 1. The van der Waals surface area contributed by atoms with Crippen LogP contribution in [0, 0.1) is 5.92 Å². The molecule has 0 aliphatic rings. The van der Waals surface area contributed by atoms with Crippen molar-refractivity contribution in [2.24, 2.45) is 5.92 Å². The normalized spacial score (nSPS) is 16.3. The summed E-state index contributed by atoms with van der Waals surface area (Å²) in [5, 5.41) is 10.0. The van der Waals surface area contributed by atoms with E-state index in [0.29, 0.717) is 0 Å². The largest absolute Gasteiger partial charge is 0.388 e. The maximum atomic E-state index is 10.0. The summed E-state index contributed by atoms with van der Waals surface area (Å²) in [6.45, 7) is 12.8. The Balaban J connectivity index is 4.15. The number of aliphatic hydroxyl groups is 1. The molecule has 16 heavy (non-hydrogen) atoms. The van der Waals surface area contributed by atoms with E-state index in [0.717, 1.165) is 6.42 Å². The third kappa shape index (κ3) is 7.89. The lowest BCUT2D eigenvalue weighted by Gasteiger charge is -2.18. The van der Waals surface area contributed by atoms with E-state index in [1.54, 1.807) is 0 Å². The van der Waals surface area contributed by atoms with E-state index in [1.807, 2.05) is 12.2 Å². The molecule has 0 fully saturated rings. The van der Waals surface area contributed by atoms with E-state index >= 15 is 0 Å². The molecule has 0 unspecified atom stereocenters. The Kier molecular flexibility index (Phi) is 7.69. The molecule has 2 atom stereocenters. The van der Waals surface area contributed by atoms with Crippen molar-refractivity contribution in [1.29, 1.82) is 0 Å². The Morgan fingerprint density at radius 3 is 2.31 bits per heavy atom. The second-order valence-electron chi connectivity index (χ2n) is 5.61. The van der Waals surface area contributed by atoms with Crippen LogP contribution >= 0.6 is 0 Å². The van der Waals surface area contributed by atoms with Crippen LogP contribution < -0.4 is 0 Å². The SMILES string of the molecule is C=C[C@H](CCCCC)[C@H](O)/C=C/[Si](C)(C)C. The Labute approximate surface area is 102 Å². The number of unbranched alkanes of at least 4 members (excludes halogenated alkanes) is 2. The fourth-order valence-electron chi connectivity index (χ4n) is 1.59. The van der Waals surface area contributed by atoms with Crippen molar-refractivity contribution in [3.63, 3.8) is 0 Å². The molecule has 94 valence electrons. The average molecular weight is 240 g/mol. The molecule has 0 saturated carbocycles. The standard InChI is InChI=1S/C14H28OSi/c1-6-8-9-10-13(7-2)14(15)11-12-16(3,4)5/h7,11-15H,2,6,8-10H2,1,3-5H3/b12-11+/t13-,14-/m1/s1. The Hall–Kier alpha value is -0.343. The zero-order chi connectivity index (χ0) is 12.6. The minimum absolute atomic E-state index is 0.221. The van der Waals surface area contributed by atoms with Gasteiger partial charge in [0.25, 0.3) is 0 Å². The van der Waals surface area contributed by atoms with Gasteiger partial charge < -0.3 is 5.11 Å². The first-order valence-electron chi connectivity index (χ1n) is 6.40. The van der Waals surface area contributed by atoms with Crippen LogP contribution in [0.25, 0.3) is 0 Å². The smallest absolute Gasteiger partial charge is 0.0779 e. The van der Waals surface area contributed by atoms with Gasteiger partial charge in [0.1, 0.15) is 0 Å². The zero-order valence-corrected chi connectivity index (χ0v) is 12.4. The summed E-state index contributed by atoms with van der Waals surface area (Å²) < 4.78 is 0. The molecule has 0 radical (unpaired) electrons. The van der Waals surface area contributed by atoms with Crippen LogP contribution in [0.2, 0.25) is 19.6 Å². The fourth-order valence-corrected chi connectivity index (χ4v) is 2.36. The lowest BCUT2D eigenvalue weighted by atomic mass is 9.95. The molecule has 0 aromatic heterocycles. The fraction of sp³-hybridized carbons (Fsp3) is 0.714. The highest BCUT2D eigenvalue weighted by Crippen LogP contribution is 2.17. The van der Waals surface area contributed by atoms with Gasteiger partial charge >= 0.3 is 0 Å². The quantitative estimate of drug-likeness (QED) is 0.384. The van der Waals surface area contributed by atoms with Gasteiger partial charge in [-0.3, -0.25) is 0 Å². The van der Waals surface area contributed by atoms with E-state index < -0.39 is 8.07 Å². The third-order valence-electron chi connectivity index (χ3n) is 2.68. The first-order chi connectivity index (χ1) is 7.40. The van der Waals surface area contributed by atoms with Crippen LogP contribution in [0.5, 0.6) is 0 Å². The molecule has 1 N–H and O–H groups in total. The minimum atomic E-state index is -1.19. The van der Waals surface area contributed by atoms with Gasteiger partial charge in [0.15, 0.2) is 0 Å². The summed E-state index contributed by atoms with van der Waals surface area (Å²) in [6, 6.07) is 0. The second kappa shape index (κ2) is 7.85. The van der Waals surface area contributed by atoms with Gasteiger partial charge in [-0.05, 0) is 6.42 Å². The molecule has 0 bridgehead atoms. The van der Waals surface area contributed by atoms with E-state index in [2.05, 4.69) is 38.8 Å². The highest BCUT2D eigenvalue weighted by Gasteiger charge is 2.14. The molecule has 0 spiro atoms. The predicted molar refractivity (Wildman–Crippen MR) is 76.3 cm³/mol. The molecular formula is C14H28OSi. The topological polar surface area (TPSA) is 20.2 Å². The number of hydrogen-bond acceptors (Lipinski definition) is 1. The van der Waals surface area contributed by atoms with Crippen LogP contribution in [0.4, 0.5) is 0 Å². The van der Waals surface area contributed by atoms with Crippen molar-refractivity contribution in [2.45, 2.75) is 58.4 Å². The van der Waals surface area contributed by atoms with Crippen molar-refractivity contribution < 1.29 is 5.11 Å². The molecule has 0 rings (SSSR count). The molecule has 0 aliphatic carbocycles. The van der Waals surface area contributed by atoms with Crippen molar-refractivity contribution in [3.8, 4) is 0 Å². The van der Waals surface area contributed by atoms with Crippen molar-refractivity contribution in [2.75, 3.05) is 0 Å². The second-order valence-corrected chi connectivity index (χ2v) is 10.7. The molecular weight excluding hydrogens is 212 g/mol. The Morgan fingerprint density at radius 2 is 1.88 bits per heavy atom. The first kappa shape index (κ1) is 15.7. The Morgan fingerprint density at radius 1 is 1.25 bits per heavy atom. The molecule has 0 heterocycles. The average Bonchev–Trinajstić information content (AvgIpc) is 2.20. The van der Waals surface area contributed by atoms with E-state index in [4.69, 9.17) is 0 Å². The number of rotatable bonds is 8. The van der Waals surface area contributed by atoms with Gasteiger partial charge in [-0.2, -0.15) is 0 Å². The van der Waals surface area contributed by atoms with Gasteiger partial charge in [-0.15, -0.1) is 6.58 Å². The Bertz CT molecular complexity index is 215. The third-order valence-corrected chi connectivity index (χ3v) is 3.87. The molecule has 1 nitrogen and oxygen atoms in total. The summed E-state index contributed by atoms with van der Waals surface area (Å²) >= 11 is 0. The summed E-state index contributed by atoms with van der Waals surface area (Å²) in [7, 11) is -1.19. The van der Waals surface area contributed by atoms with E-state index in [1.165, 1.54) is 19.3 Å². The van der Waals surface area contributed by atoms with Gasteiger partial charge in [0, 0.05) is 5.92 Å². The molecule has 0 aliphatic heterocycles. The minimum Gasteiger partial charge on any atom is -0.388 e. The molecule has 0 aromatic carbocycles. The molecule has 0 saturated heterocycles. The van der Waals surface area contributed by atoms with Crippen LogP contribution in [0.15, 0.2) is 24.4 Å². The van der Waals surface area contributed by atoms with Crippen molar-refractivity contribution in [1.82, 2.24) is 0 Å². The summed E-state index contributed by atoms with van der Waals surface area (Å²) in [6.07, 6.45) is 8.24. The van der Waals surface area contributed by atoms with Crippen LogP contribution in [0.3, 0.4) is 0 Å². The lowest BCUT2D eigenvalue weighted by Crippen LogP contribution is -2.20. The highest BCUT2D eigenvalue weighted by atomic mass is 28.3. The van der Waals surface area contributed by atoms with Crippen LogP contribution in [-0.4, -0.2) is 19.3 Å². The van der Waals surface area contributed by atoms with E-state index in [-0.39, 0.29) is 12.0 Å². The maximum Gasteiger partial charge on any atom is 0.0779 e. The van der Waals surface area contributed by atoms with E-state index in [9.17, 15) is 5.11 Å². The van der Waals surface area contributed by atoms with Gasteiger partial charge in [-0.1, -0.05) is 63.7 Å². The first-order valence-corrected chi connectivity index (χ1v) is 9.98. The van der Waals surface area contributed by atoms with Crippen molar-refractivity contribution >= 4 is 8.07 Å². The molecule has 0 aromatic rings. The highest BCUT2D eigenvalue weighted by molar-refractivity contribution is 6.80. The van der Waals surface area contributed by atoms with Crippen molar-refractivity contribution in [3.05, 3.63) is 24.4 Å². The maximum absolute atomic E-state index is 10.0. The van der Waals surface area contributed by atoms with Gasteiger partial charge in [0.05, 0.1) is 14.2 Å². The van der Waals surface area contributed by atoms with Gasteiger partial charge in [0.2, 0.25) is 0 Å². The van der Waals surface area contributed by atoms with Crippen LogP contribution in [0.1, 0.15) is 32.6 Å². The summed E-state index contributed by atoms with van der Waals surface area (Å²) in [5.41, 5.74) is 2.22. The number of aliphatic hydroxyl groups excluding tert-OH is 1. The summed E-state index contributed by atoms with van der Waals surface area (Å²) in [5.74, 6) is 0.221. The lowest BCUT2D eigenvalue weighted by molar-refractivity contribution is 0.170. The molecule has 0 amide bonds. The zero-order valence-electron chi connectivity index (χ0n) is 11.4. The van der Waals surface area contributed by atoms with Gasteiger partial charge in [-0.25, -0.2) is 0 Å². The van der Waals surface area contributed by atoms with Crippen LogP contribution in [-0.2, 0) is 0 Å². The monoisotopic (exact) mass is 240 g/mol. The predicted octanol–water partition coefficient (Wildman–Crippen LogP) is 4.16.